The molecule has 0 bridgehead atoms. The van der Waals surface area contributed by atoms with Crippen molar-refractivity contribution in [1.29, 1.82) is 0 Å². The molecule has 2 atom stereocenters. The number of rotatable bonds is 9. The summed E-state index contributed by atoms with van der Waals surface area (Å²) in [4.78, 5) is 30.1. The zero-order valence-corrected chi connectivity index (χ0v) is 21.9. The molecule has 2 saturated heterocycles. The lowest BCUT2D eigenvalue weighted by Crippen LogP contribution is -2.59. The number of nitrogens with zero attached hydrogens (tertiary/aromatic N) is 2. The third kappa shape index (κ3) is 5.62. The molecule has 0 spiro atoms. The molecule has 5 rings (SSSR count). The number of carbonyl (C=O) groups is 2. The van der Waals surface area contributed by atoms with Gasteiger partial charge in [0.2, 0.25) is 5.78 Å². The number of benzene rings is 2. The minimum Gasteiger partial charge on any atom is -0.489 e. The van der Waals surface area contributed by atoms with Crippen LogP contribution >= 0.6 is 11.6 Å². The summed E-state index contributed by atoms with van der Waals surface area (Å²) in [6.07, 6.45) is 4.11. The molecule has 8 nitrogen and oxygen atoms in total. The maximum atomic E-state index is 13.0. The number of carbonyl (C=O) groups excluding carboxylic acids is 2. The van der Waals surface area contributed by atoms with Crippen molar-refractivity contribution in [2.24, 2.45) is 0 Å². The van der Waals surface area contributed by atoms with Gasteiger partial charge >= 0.3 is 0 Å². The molecule has 198 valence electrons. The lowest BCUT2D eigenvalue weighted by atomic mass is 9.93. The summed E-state index contributed by atoms with van der Waals surface area (Å²) in [5, 5.41) is 15.2. The predicted molar refractivity (Wildman–Crippen MR) is 141 cm³/mol. The fourth-order valence-electron chi connectivity index (χ4n) is 5.09. The molecule has 2 aromatic rings. The molecule has 0 unspecified atom stereocenters. The van der Waals surface area contributed by atoms with Crippen LogP contribution in [0, 0.1) is 0 Å². The van der Waals surface area contributed by atoms with E-state index in [0.717, 1.165) is 44.5 Å². The first kappa shape index (κ1) is 26.0. The highest BCUT2D eigenvalue weighted by Crippen LogP contribution is 2.38. The van der Waals surface area contributed by atoms with Gasteiger partial charge < -0.3 is 24.8 Å². The highest BCUT2D eigenvalue weighted by atomic mass is 35.5. The number of amides is 1. The SMILES string of the molecule is C[C@@H](NC(=O)C(=O)c1ccc(N2CCOCC2)cc1)[C@](O)(c1ccc(OC2CC2)c(Cl)c1)N1CCCC1. The first-order chi connectivity index (χ1) is 17.9. The van der Waals surface area contributed by atoms with Crippen molar-refractivity contribution in [3.05, 3.63) is 58.6 Å². The minimum atomic E-state index is -1.53. The second-order valence-electron chi connectivity index (χ2n) is 10.1. The van der Waals surface area contributed by atoms with Crippen LogP contribution in [0.1, 0.15) is 48.5 Å². The summed E-state index contributed by atoms with van der Waals surface area (Å²) in [5.74, 6) is -0.816. The van der Waals surface area contributed by atoms with Crippen LogP contribution < -0.4 is 15.0 Å². The second kappa shape index (κ2) is 11.0. The summed E-state index contributed by atoms with van der Waals surface area (Å²) in [7, 11) is 0. The van der Waals surface area contributed by atoms with Crippen LogP contribution in [-0.2, 0) is 15.3 Å². The highest BCUT2D eigenvalue weighted by Gasteiger charge is 2.44. The average molecular weight is 528 g/mol. The van der Waals surface area contributed by atoms with E-state index < -0.39 is 23.5 Å². The van der Waals surface area contributed by atoms with Gasteiger partial charge in [-0.25, -0.2) is 0 Å². The van der Waals surface area contributed by atoms with Crippen molar-refractivity contribution < 1.29 is 24.2 Å². The Bertz CT molecular complexity index is 1130. The van der Waals surface area contributed by atoms with Crippen LogP contribution in [0.25, 0.3) is 0 Å². The van der Waals surface area contributed by atoms with Crippen molar-refractivity contribution in [3.63, 3.8) is 0 Å². The molecule has 0 radical (unpaired) electrons. The van der Waals surface area contributed by atoms with Crippen LogP contribution in [0.2, 0.25) is 5.02 Å². The molecule has 3 aliphatic rings. The molecule has 3 fully saturated rings. The Hall–Kier alpha value is -2.65. The van der Waals surface area contributed by atoms with Crippen LogP contribution in [0.4, 0.5) is 5.69 Å². The normalized spacial score (nSPS) is 20.8. The lowest BCUT2D eigenvalue weighted by molar-refractivity contribution is -0.139. The van der Waals surface area contributed by atoms with Gasteiger partial charge in [-0.3, -0.25) is 14.5 Å². The van der Waals surface area contributed by atoms with Crippen LogP contribution in [0.3, 0.4) is 0 Å². The molecule has 2 N–H and O–H groups in total. The van der Waals surface area contributed by atoms with Gasteiger partial charge in [-0.15, -0.1) is 0 Å². The number of ether oxygens (including phenoxy) is 2. The first-order valence-corrected chi connectivity index (χ1v) is 13.5. The number of aliphatic hydroxyl groups is 1. The molecular weight excluding hydrogens is 494 g/mol. The number of morpholine rings is 1. The zero-order valence-electron chi connectivity index (χ0n) is 21.1. The Kier molecular flexibility index (Phi) is 7.72. The molecule has 2 aliphatic heterocycles. The van der Waals surface area contributed by atoms with Crippen LogP contribution in [-0.4, -0.2) is 73.2 Å². The smallest absolute Gasteiger partial charge is 0.292 e. The number of likely N-dealkylation sites (tertiary alicyclic amines) is 1. The van der Waals surface area contributed by atoms with E-state index >= 15 is 0 Å². The molecule has 1 amide bonds. The van der Waals surface area contributed by atoms with Crippen molar-refractivity contribution in [3.8, 4) is 5.75 Å². The Labute approximate surface area is 222 Å². The topological polar surface area (TPSA) is 91.3 Å². The first-order valence-electron chi connectivity index (χ1n) is 13.1. The molecule has 0 aromatic heterocycles. The van der Waals surface area contributed by atoms with Gasteiger partial charge in [0.05, 0.1) is 30.4 Å². The van der Waals surface area contributed by atoms with E-state index in [1.54, 1.807) is 37.3 Å². The number of Topliss-reactive ketones (excluding diaryl/α,β-unsaturated/α-hetero) is 1. The summed E-state index contributed by atoms with van der Waals surface area (Å²) < 4.78 is 11.2. The van der Waals surface area contributed by atoms with Crippen molar-refractivity contribution in [2.45, 2.75) is 50.5 Å². The second-order valence-corrected chi connectivity index (χ2v) is 10.5. The van der Waals surface area contributed by atoms with Gasteiger partial charge in [-0.1, -0.05) is 17.7 Å². The predicted octanol–water partition coefficient (Wildman–Crippen LogP) is 3.35. The molecule has 1 aliphatic carbocycles. The largest absolute Gasteiger partial charge is 0.489 e. The number of hydrogen-bond acceptors (Lipinski definition) is 7. The maximum absolute atomic E-state index is 13.0. The van der Waals surface area contributed by atoms with E-state index in [4.69, 9.17) is 21.1 Å². The Morgan fingerprint density at radius 3 is 2.38 bits per heavy atom. The zero-order chi connectivity index (χ0) is 26.0. The number of anilines is 1. The standard InChI is InChI=1S/C28H34ClN3O5/c1-19(30-27(34)26(33)20-4-7-22(8-5-20)31-14-16-36-17-15-31)28(35,32-12-2-3-13-32)21-6-11-25(24(29)18-21)37-23-9-10-23/h4-8,11,18-19,23,35H,2-3,9-10,12-17H2,1H3,(H,30,34)/t19-,28+/m1/s1. The van der Waals surface area contributed by atoms with E-state index in [0.29, 0.717) is 48.2 Å². The van der Waals surface area contributed by atoms with E-state index in [2.05, 4.69) is 10.2 Å². The average Bonchev–Trinajstić information content (AvgIpc) is 3.57. The Morgan fingerprint density at radius 1 is 1.08 bits per heavy atom. The molecule has 2 aromatic carbocycles. The maximum Gasteiger partial charge on any atom is 0.292 e. The third-order valence-electron chi connectivity index (χ3n) is 7.43. The Morgan fingerprint density at radius 2 is 1.76 bits per heavy atom. The molecule has 1 saturated carbocycles. The molecule has 9 heteroatoms. The number of ketones is 1. The summed E-state index contributed by atoms with van der Waals surface area (Å²) in [6, 6.07) is 11.5. The quantitative estimate of drug-likeness (QED) is 0.382. The minimum absolute atomic E-state index is 0.202. The summed E-state index contributed by atoms with van der Waals surface area (Å²) >= 11 is 6.52. The van der Waals surface area contributed by atoms with Crippen molar-refractivity contribution in [1.82, 2.24) is 10.2 Å². The van der Waals surface area contributed by atoms with Crippen molar-refractivity contribution >= 4 is 29.0 Å². The number of hydrogen-bond donors (Lipinski definition) is 2. The van der Waals surface area contributed by atoms with E-state index in [1.807, 2.05) is 17.0 Å². The van der Waals surface area contributed by atoms with Gasteiger partial charge in [0.25, 0.3) is 5.91 Å². The van der Waals surface area contributed by atoms with Gasteiger partial charge in [0, 0.05) is 43.0 Å². The van der Waals surface area contributed by atoms with Gasteiger partial charge in [-0.05, 0) is 69.0 Å². The van der Waals surface area contributed by atoms with Crippen LogP contribution in [0.5, 0.6) is 5.75 Å². The fourth-order valence-corrected chi connectivity index (χ4v) is 5.32. The van der Waals surface area contributed by atoms with E-state index in [-0.39, 0.29) is 6.10 Å². The lowest BCUT2D eigenvalue weighted by Gasteiger charge is -2.42. The van der Waals surface area contributed by atoms with Crippen molar-refractivity contribution in [2.75, 3.05) is 44.3 Å². The van der Waals surface area contributed by atoms with Gasteiger partial charge in [-0.2, -0.15) is 0 Å². The molecular formula is C28H34ClN3O5. The van der Waals surface area contributed by atoms with E-state index in [1.165, 1.54) is 0 Å². The summed E-state index contributed by atoms with van der Waals surface area (Å²) in [5.41, 5.74) is 0.311. The van der Waals surface area contributed by atoms with Gasteiger partial charge in [0.1, 0.15) is 5.75 Å². The monoisotopic (exact) mass is 527 g/mol. The number of halogens is 1. The fraction of sp³-hybridized carbons (Fsp3) is 0.500. The third-order valence-corrected chi connectivity index (χ3v) is 7.72. The number of nitrogens with one attached hydrogen (secondary N) is 1. The highest BCUT2D eigenvalue weighted by molar-refractivity contribution is 6.42. The van der Waals surface area contributed by atoms with Gasteiger partial charge in [0.15, 0.2) is 5.72 Å². The van der Waals surface area contributed by atoms with Crippen LogP contribution in [0.15, 0.2) is 42.5 Å². The molecule has 2 heterocycles. The molecule has 37 heavy (non-hydrogen) atoms. The summed E-state index contributed by atoms with van der Waals surface area (Å²) in [6.45, 7) is 5.98. The Balaban J connectivity index is 1.31. The van der Waals surface area contributed by atoms with E-state index in [9.17, 15) is 14.7 Å².